The number of hydrogen-bond acceptors (Lipinski definition) is 2. The lowest BCUT2D eigenvalue weighted by Gasteiger charge is -2.25. The molecule has 2 atom stereocenters. The molecule has 1 N–H and O–H groups in total. The van der Waals surface area contributed by atoms with Crippen LogP contribution in [0.25, 0.3) is 0 Å². The quantitative estimate of drug-likeness (QED) is 0.826. The minimum absolute atomic E-state index is 0.741. The van der Waals surface area contributed by atoms with Crippen molar-refractivity contribution >= 4 is 0 Å². The normalized spacial score (nSPS) is 23.5. The molecule has 1 aliphatic rings. The first-order valence-electron chi connectivity index (χ1n) is 7.47. The van der Waals surface area contributed by atoms with Crippen molar-refractivity contribution in [2.24, 2.45) is 18.9 Å². The lowest BCUT2D eigenvalue weighted by molar-refractivity contribution is 0.381. The van der Waals surface area contributed by atoms with Crippen molar-refractivity contribution in [3.8, 4) is 0 Å². The van der Waals surface area contributed by atoms with Crippen LogP contribution in [-0.2, 0) is 20.0 Å². The summed E-state index contributed by atoms with van der Waals surface area (Å²) in [5.74, 6) is 1.53. The van der Waals surface area contributed by atoms with E-state index in [2.05, 4.69) is 43.5 Å². The molecule has 0 saturated heterocycles. The average Bonchev–Trinajstić information content (AvgIpc) is 2.68. The number of nitrogens with zero attached hydrogens (tertiary/aromatic N) is 2. The van der Waals surface area contributed by atoms with Crippen LogP contribution in [-0.4, -0.2) is 16.3 Å². The van der Waals surface area contributed by atoms with E-state index in [4.69, 9.17) is 0 Å². The molecule has 0 radical (unpaired) electrons. The first-order chi connectivity index (χ1) is 9.08. The third-order valence-electron chi connectivity index (χ3n) is 3.96. The summed E-state index contributed by atoms with van der Waals surface area (Å²) in [6, 6.07) is 0. The minimum Gasteiger partial charge on any atom is -0.312 e. The van der Waals surface area contributed by atoms with Crippen LogP contribution >= 0.6 is 0 Å². The second-order valence-corrected chi connectivity index (χ2v) is 6.06. The summed E-state index contributed by atoms with van der Waals surface area (Å²) in [5, 5.41) is 8.11. The number of nitrogens with one attached hydrogen (secondary N) is 1. The van der Waals surface area contributed by atoms with Gasteiger partial charge in [0.25, 0.3) is 0 Å². The Labute approximate surface area is 117 Å². The van der Waals surface area contributed by atoms with Gasteiger partial charge in [0, 0.05) is 25.4 Å². The molecular weight excluding hydrogens is 234 g/mol. The monoisotopic (exact) mass is 261 g/mol. The van der Waals surface area contributed by atoms with Gasteiger partial charge in [0.15, 0.2) is 0 Å². The van der Waals surface area contributed by atoms with E-state index in [0.29, 0.717) is 0 Å². The lowest BCUT2D eigenvalue weighted by Crippen LogP contribution is -2.26. The second-order valence-electron chi connectivity index (χ2n) is 6.06. The highest BCUT2D eigenvalue weighted by Gasteiger charge is 2.17. The zero-order chi connectivity index (χ0) is 13.8. The Morgan fingerprint density at radius 1 is 1.47 bits per heavy atom. The molecule has 1 heterocycles. The van der Waals surface area contributed by atoms with Crippen molar-refractivity contribution in [3.63, 3.8) is 0 Å². The molecule has 1 aliphatic carbocycles. The fourth-order valence-electron chi connectivity index (χ4n) is 3.28. The molecule has 1 aromatic heterocycles. The smallest absolute Gasteiger partial charge is 0.0666 e. The van der Waals surface area contributed by atoms with Crippen molar-refractivity contribution in [1.29, 1.82) is 0 Å². The van der Waals surface area contributed by atoms with Gasteiger partial charge in [0.1, 0.15) is 0 Å². The molecule has 3 heteroatoms. The van der Waals surface area contributed by atoms with Gasteiger partial charge in [0.05, 0.1) is 5.69 Å². The van der Waals surface area contributed by atoms with Crippen molar-refractivity contribution in [3.05, 3.63) is 29.1 Å². The zero-order valence-electron chi connectivity index (χ0n) is 12.7. The number of hydrogen-bond donors (Lipinski definition) is 1. The highest BCUT2D eigenvalue weighted by molar-refractivity contribution is 5.16. The van der Waals surface area contributed by atoms with Crippen molar-refractivity contribution in [2.45, 2.75) is 46.6 Å². The maximum absolute atomic E-state index is 4.49. The van der Waals surface area contributed by atoms with Crippen LogP contribution in [0.2, 0.25) is 0 Å². The van der Waals surface area contributed by atoms with Crippen LogP contribution in [0, 0.1) is 11.8 Å². The number of rotatable bonds is 5. The van der Waals surface area contributed by atoms with Gasteiger partial charge in [-0.15, -0.1) is 0 Å². The molecule has 0 aromatic carbocycles. The molecule has 0 bridgehead atoms. The Balaban J connectivity index is 1.82. The van der Waals surface area contributed by atoms with Crippen molar-refractivity contribution in [2.75, 3.05) is 6.54 Å². The molecular formula is C16H27N3. The summed E-state index contributed by atoms with van der Waals surface area (Å²) < 4.78 is 1.92. The molecule has 19 heavy (non-hydrogen) atoms. The summed E-state index contributed by atoms with van der Waals surface area (Å²) in [6.45, 7) is 8.83. The van der Waals surface area contributed by atoms with Gasteiger partial charge in [-0.1, -0.05) is 25.5 Å². The van der Waals surface area contributed by atoms with E-state index in [1.54, 1.807) is 5.57 Å². The van der Waals surface area contributed by atoms with E-state index >= 15 is 0 Å². The highest BCUT2D eigenvalue weighted by Crippen LogP contribution is 2.27. The van der Waals surface area contributed by atoms with Crippen molar-refractivity contribution < 1.29 is 0 Å². The molecule has 0 aliphatic heterocycles. The largest absolute Gasteiger partial charge is 0.312 e. The molecule has 2 unspecified atom stereocenters. The molecule has 0 saturated carbocycles. The maximum atomic E-state index is 4.49. The third kappa shape index (κ3) is 3.93. The van der Waals surface area contributed by atoms with Gasteiger partial charge in [0.2, 0.25) is 0 Å². The van der Waals surface area contributed by atoms with E-state index in [0.717, 1.165) is 31.3 Å². The molecule has 0 fully saturated rings. The first-order valence-corrected chi connectivity index (χ1v) is 7.47. The zero-order valence-corrected chi connectivity index (χ0v) is 12.7. The van der Waals surface area contributed by atoms with Crippen LogP contribution in [0.3, 0.4) is 0 Å². The van der Waals surface area contributed by atoms with Crippen LogP contribution in [0.1, 0.15) is 44.9 Å². The number of allylic oxidation sites excluding steroid dienone is 2. The third-order valence-corrected chi connectivity index (χ3v) is 3.96. The highest BCUT2D eigenvalue weighted by atomic mass is 15.3. The van der Waals surface area contributed by atoms with Crippen LogP contribution < -0.4 is 5.32 Å². The van der Waals surface area contributed by atoms with Gasteiger partial charge >= 0.3 is 0 Å². The van der Waals surface area contributed by atoms with Gasteiger partial charge in [-0.2, -0.15) is 5.10 Å². The predicted molar refractivity (Wildman–Crippen MR) is 79.9 cm³/mol. The Kier molecular flexibility index (Phi) is 4.81. The fraction of sp³-hybridized carbons (Fsp3) is 0.688. The SMILES string of the molecule is CCc1nn(C)cc1CNCC1CC(C)=CC(C)C1. The molecule has 0 spiro atoms. The summed E-state index contributed by atoms with van der Waals surface area (Å²) in [7, 11) is 2.00. The van der Waals surface area contributed by atoms with E-state index in [9.17, 15) is 0 Å². The first kappa shape index (κ1) is 14.3. The molecule has 106 valence electrons. The summed E-state index contributed by atoms with van der Waals surface area (Å²) in [4.78, 5) is 0. The van der Waals surface area contributed by atoms with Crippen LogP contribution in [0.4, 0.5) is 0 Å². The Hall–Kier alpha value is -1.09. The Morgan fingerprint density at radius 3 is 2.95 bits per heavy atom. The van der Waals surface area contributed by atoms with Gasteiger partial charge < -0.3 is 5.32 Å². The Bertz CT molecular complexity index is 445. The fourth-order valence-corrected chi connectivity index (χ4v) is 3.28. The van der Waals surface area contributed by atoms with Gasteiger partial charge in [-0.05, 0) is 44.6 Å². The van der Waals surface area contributed by atoms with Gasteiger partial charge in [-0.3, -0.25) is 4.68 Å². The molecule has 1 aromatic rings. The van der Waals surface area contributed by atoms with Gasteiger partial charge in [-0.25, -0.2) is 0 Å². The molecule has 0 amide bonds. The van der Waals surface area contributed by atoms with E-state index in [1.807, 2.05) is 11.7 Å². The van der Waals surface area contributed by atoms with E-state index < -0.39 is 0 Å². The van der Waals surface area contributed by atoms with Crippen molar-refractivity contribution in [1.82, 2.24) is 15.1 Å². The number of aromatic nitrogens is 2. The number of aryl methyl sites for hydroxylation is 2. The van der Waals surface area contributed by atoms with E-state index in [-0.39, 0.29) is 0 Å². The average molecular weight is 261 g/mol. The maximum Gasteiger partial charge on any atom is 0.0666 e. The molecule has 3 nitrogen and oxygen atoms in total. The van der Waals surface area contributed by atoms with E-state index in [1.165, 1.54) is 24.1 Å². The minimum atomic E-state index is 0.741. The standard InChI is InChI=1S/C16H27N3/c1-5-16-15(11-19(4)18-16)10-17-9-14-7-12(2)6-13(3)8-14/h6,11-12,14,17H,5,7-10H2,1-4H3. The van der Waals surface area contributed by atoms with Crippen LogP contribution in [0.5, 0.6) is 0 Å². The second kappa shape index (κ2) is 6.38. The Morgan fingerprint density at radius 2 is 2.26 bits per heavy atom. The summed E-state index contributed by atoms with van der Waals surface area (Å²) >= 11 is 0. The molecule has 2 rings (SSSR count). The van der Waals surface area contributed by atoms with Crippen LogP contribution in [0.15, 0.2) is 17.8 Å². The predicted octanol–water partition coefficient (Wildman–Crippen LogP) is 3.06. The summed E-state index contributed by atoms with van der Waals surface area (Å²) in [6.07, 6.45) is 8.15. The lowest BCUT2D eigenvalue weighted by atomic mass is 9.84. The summed E-state index contributed by atoms with van der Waals surface area (Å²) in [5.41, 5.74) is 4.13. The topological polar surface area (TPSA) is 29.9 Å².